The first kappa shape index (κ1) is 10.5. The molecule has 0 fully saturated rings. The predicted octanol–water partition coefficient (Wildman–Crippen LogP) is 1.15. The molecular formula is C10H13NO3. The Bertz CT molecular complexity index is 361. The van der Waals surface area contributed by atoms with Crippen molar-refractivity contribution in [3.63, 3.8) is 0 Å². The van der Waals surface area contributed by atoms with Crippen molar-refractivity contribution in [2.75, 3.05) is 5.32 Å². The van der Waals surface area contributed by atoms with Crippen molar-refractivity contribution in [2.24, 2.45) is 0 Å². The summed E-state index contributed by atoms with van der Waals surface area (Å²) < 4.78 is 0. The van der Waals surface area contributed by atoms with Crippen LogP contribution in [-0.2, 0) is 11.4 Å². The number of aliphatic hydroxyl groups excluding tert-OH is 1. The molecule has 1 amide bonds. The molecule has 3 N–H and O–H groups in total. The van der Waals surface area contributed by atoms with Crippen LogP contribution < -0.4 is 5.32 Å². The maximum Gasteiger partial charge on any atom is 0.221 e. The van der Waals surface area contributed by atoms with Crippen LogP contribution in [0.5, 0.6) is 5.75 Å². The summed E-state index contributed by atoms with van der Waals surface area (Å²) in [6, 6.07) is 3.32. The summed E-state index contributed by atoms with van der Waals surface area (Å²) in [5, 5.41) is 21.0. The van der Waals surface area contributed by atoms with E-state index < -0.39 is 0 Å². The van der Waals surface area contributed by atoms with Gasteiger partial charge >= 0.3 is 0 Å². The Kier molecular flexibility index (Phi) is 3.09. The van der Waals surface area contributed by atoms with Gasteiger partial charge in [-0.15, -0.1) is 0 Å². The van der Waals surface area contributed by atoms with Crippen molar-refractivity contribution < 1.29 is 15.0 Å². The summed E-state index contributed by atoms with van der Waals surface area (Å²) in [5.74, 6) is -0.330. The third-order valence-corrected chi connectivity index (χ3v) is 1.81. The highest BCUT2D eigenvalue weighted by atomic mass is 16.3. The van der Waals surface area contributed by atoms with E-state index in [1.807, 2.05) is 6.92 Å². The van der Waals surface area contributed by atoms with Crippen LogP contribution in [0.1, 0.15) is 18.1 Å². The molecule has 1 aromatic rings. The summed E-state index contributed by atoms with van der Waals surface area (Å²) in [6.07, 6.45) is 0. The number of amides is 1. The maximum atomic E-state index is 10.8. The molecule has 76 valence electrons. The second kappa shape index (κ2) is 4.11. The smallest absolute Gasteiger partial charge is 0.221 e. The van der Waals surface area contributed by atoms with Gasteiger partial charge in [0, 0.05) is 12.5 Å². The van der Waals surface area contributed by atoms with E-state index in [1.165, 1.54) is 6.92 Å². The minimum Gasteiger partial charge on any atom is -0.505 e. The van der Waals surface area contributed by atoms with Gasteiger partial charge in [0.15, 0.2) is 0 Å². The van der Waals surface area contributed by atoms with Crippen LogP contribution in [0.4, 0.5) is 5.69 Å². The number of anilines is 1. The molecule has 0 bridgehead atoms. The molecule has 1 aromatic carbocycles. The summed E-state index contributed by atoms with van der Waals surface area (Å²) in [4.78, 5) is 10.8. The van der Waals surface area contributed by atoms with Crippen LogP contribution in [0.25, 0.3) is 0 Å². The zero-order valence-corrected chi connectivity index (χ0v) is 8.16. The molecular weight excluding hydrogens is 182 g/mol. The first-order chi connectivity index (χ1) is 6.54. The van der Waals surface area contributed by atoms with Crippen molar-refractivity contribution in [2.45, 2.75) is 20.5 Å². The molecule has 0 saturated heterocycles. The lowest BCUT2D eigenvalue weighted by Gasteiger charge is -2.09. The number of aryl methyl sites for hydroxylation is 1. The number of phenols is 1. The van der Waals surface area contributed by atoms with E-state index in [9.17, 15) is 9.90 Å². The number of aromatic hydroxyl groups is 1. The lowest BCUT2D eigenvalue weighted by atomic mass is 10.1. The van der Waals surface area contributed by atoms with Crippen LogP contribution in [0.2, 0.25) is 0 Å². The Hall–Kier alpha value is -1.55. The summed E-state index contributed by atoms with van der Waals surface area (Å²) in [5.41, 5.74) is 1.62. The van der Waals surface area contributed by atoms with Gasteiger partial charge in [-0.1, -0.05) is 0 Å². The average molecular weight is 195 g/mol. The summed E-state index contributed by atoms with van der Waals surface area (Å²) >= 11 is 0. The van der Waals surface area contributed by atoms with Gasteiger partial charge in [-0.3, -0.25) is 4.79 Å². The van der Waals surface area contributed by atoms with E-state index in [4.69, 9.17) is 5.11 Å². The Morgan fingerprint density at radius 2 is 2.14 bits per heavy atom. The van der Waals surface area contributed by atoms with Gasteiger partial charge in [-0.2, -0.15) is 0 Å². The Morgan fingerprint density at radius 1 is 1.50 bits per heavy atom. The van der Waals surface area contributed by atoms with Crippen molar-refractivity contribution >= 4 is 11.6 Å². The summed E-state index contributed by atoms with van der Waals surface area (Å²) in [6.45, 7) is 2.93. The number of nitrogens with one attached hydrogen (secondary N) is 1. The molecule has 0 spiro atoms. The van der Waals surface area contributed by atoms with E-state index >= 15 is 0 Å². The molecule has 0 aliphatic heterocycles. The highest BCUT2D eigenvalue weighted by Crippen LogP contribution is 2.29. The maximum absolute atomic E-state index is 10.8. The normalized spacial score (nSPS) is 9.93. The molecule has 0 heterocycles. The zero-order valence-electron chi connectivity index (χ0n) is 8.16. The number of hydrogen-bond donors (Lipinski definition) is 3. The Balaban J connectivity index is 3.15. The fourth-order valence-electron chi connectivity index (χ4n) is 1.26. The van der Waals surface area contributed by atoms with Crippen molar-refractivity contribution in [1.29, 1.82) is 0 Å². The van der Waals surface area contributed by atoms with Crippen LogP contribution in [0.15, 0.2) is 12.1 Å². The predicted molar refractivity (Wildman–Crippen MR) is 53.1 cm³/mol. The molecule has 0 unspecified atom stereocenters. The first-order valence-electron chi connectivity index (χ1n) is 4.25. The Labute approximate surface area is 82.2 Å². The highest BCUT2D eigenvalue weighted by molar-refractivity contribution is 5.90. The standard InChI is InChI=1S/C10H13NO3/c1-6-3-8(5-12)10(14)9(4-6)11-7(2)13/h3-4,12,14H,5H2,1-2H3,(H,11,13). The van der Waals surface area contributed by atoms with Crippen LogP contribution in [0, 0.1) is 6.92 Å². The zero-order chi connectivity index (χ0) is 10.7. The molecule has 14 heavy (non-hydrogen) atoms. The van der Waals surface area contributed by atoms with Crippen LogP contribution in [-0.4, -0.2) is 16.1 Å². The number of carbonyl (C=O) groups is 1. The molecule has 1 rings (SSSR count). The second-order valence-corrected chi connectivity index (χ2v) is 3.16. The van der Waals surface area contributed by atoms with Gasteiger partial charge in [0.1, 0.15) is 5.75 Å². The third-order valence-electron chi connectivity index (χ3n) is 1.81. The molecule has 4 nitrogen and oxygen atoms in total. The minimum atomic E-state index is -0.255. The molecule has 0 saturated carbocycles. The van der Waals surface area contributed by atoms with Crippen molar-refractivity contribution in [1.82, 2.24) is 0 Å². The fourth-order valence-corrected chi connectivity index (χ4v) is 1.26. The van der Waals surface area contributed by atoms with Crippen molar-refractivity contribution in [3.8, 4) is 5.75 Å². The third kappa shape index (κ3) is 2.23. The van der Waals surface area contributed by atoms with E-state index in [1.54, 1.807) is 12.1 Å². The van der Waals surface area contributed by atoms with E-state index in [0.717, 1.165) is 5.56 Å². The van der Waals surface area contributed by atoms with Crippen molar-refractivity contribution in [3.05, 3.63) is 23.3 Å². The van der Waals surface area contributed by atoms with Gasteiger partial charge in [0.05, 0.1) is 12.3 Å². The molecule has 0 aliphatic rings. The minimum absolute atomic E-state index is 0.0756. The molecule has 0 atom stereocenters. The lowest BCUT2D eigenvalue weighted by Crippen LogP contribution is -2.07. The lowest BCUT2D eigenvalue weighted by molar-refractivity contribution is -0.114. The molecule has 0 aromatic heterocycles. The number of carbonyl (C=O) groups excluding carboxylic acids is 1. The van der Waals surface area contributed by atoms with Crippen LogP contribution in [0.3, 0.4) is 0 Å². The average Bonchev–Trinajstić information content (AvgIpc) is 2.09. The number of rotatable bonds is 2. The van der Waals surface area contributed by atoms with Gasteiger partial charge in [-0.05, 0) is 24.6 Å². The van der Waals surface area contributed by atoms with Gasteiger partial charge in [-0.25, -0.2) is 0 Å². The highest BCUT2D eigenvalue weighted by Gasteiger charge is 2.08. The molecule has 4 heteroatoms. The number of aliphatic hydroxyl groups is 1. The first-order valence-corrected chi connectivity index (χ1v) is 4.25. The van der Waals surface area contributed by atoms with E-state index in [2.05, 4.69) is 5.32 Å². The topological polar surface area (TPSA) is 69.6 Å². The van der Waals surface area contributed by atoms with E-state index in [-0.39, 0.29) is 18.3 Å². The fraction of sp³-hybridized carbons (Fsp3) is 0.300. The SMILES string of the molecule is CC(=O)Nc1cc(C)cc(CO)c1O. The number of benzene rings is 1. The van der Waals surface area contributed by atoms with Gasteiger partial charge in [0.25, 0.3) is 0 Å². The summed E-state index contributed by atoms with van der Waals surface area (Å²) in [7, 11) is 0. The van der Waals surface area contributed by atoms with E-state index in [0.29, 0.717) is 11.3 Å². The van der Waals surface area contributed by atoms with Gasteiger partial charge in [0.2, 0.25) is 5.91 Å². The quantitative estimate of drug-likeness (QED) is 0.620. The molecule has 0 aliphatic carbocycles. The largest absolute Gasteiger partial charge is 0.505 e. The molecule has 0 radical (unpaired) electrons. The Morgan fingerprint density at radius 3 is 2.64 bits per heavy atom. The second-order valence-electron chi connectivity index (χ2n) is 3.16. The van der Waals surface area contributed by atoms with Gasteiger partial charge < -0.3 is 15.5 Å². The van der Waals surface area contributed by atoms with Crippen LogP contribution >= 0.6 is 0 Å². The number of hydrogen-bond acceptors (Lipinski definition) is 3. The monoisotopic (exact) mass is 195 g/mol.